The number of hydrogen-bond donors (Lipinski definition) is 2. The highest BCUT2D eigenvalue weighted by Gasteiger charge is 2.72. The van der Waals surface area contributed by atoms with E-state index >= 15 is 0 Å². The minimum absolute atomic E-state index is 0.0269. The van der Waals surface area contributed by atoms with E-state index in [1.807, 2.05) is 0 Å². The summed E-state index contributed by atoms with van der Waals surface area (Å²) in [4.78, 5) is 24.8. The molecule has 0 spiro atoms. The highest BCUT2D eigenvalue weighted by atomic mass is 19.4. The van der Waals surface area contributed by atoms with Gasteiger partial charge in [0.05, 0.1) is 6.54 Å². The number of benzene rings is 1. The molecule has 1 aromatic carbocycles. The minimum atomic E-state index is -6.38. The summed E-state index contributed by atoms with van der Waals surface area (Å²) in [5, 5.41) is 11.8. The summed E-state index contributed by atoms with van der Waals surface area (Å²) in [5.74, 6) is -12.1. The van der Waals surface area contributed by atoms with Gasteiger partial charge in [-0.2, -0.15) is 30.7 Å². The molecule has 218 valence electrons. The lowest BCUT2D eigenvalue weighted by molar-refractivity contribution is -0.355. The Bertz CT molecular complexity index is 880. The average Bonchev–Trinajstić information content (AvgIpc) is 2.79. The Morgan fingerprint density at radius 1 is 1.00 bits per heavy atom. The standard InChI is InChI=1S/C24H33F7N2O5/c1-4-37-19(20(34)35)15-17-7-9-18(10-8-17)38-14-13-33(21(36)32-16(2)3)12-6-5-11-22(25,26)23(27,28)24(29,30)31/h7-10,16,19H,4-6,11-15H2,1-3H3,(H,32,36)(H,34,35). The maximum Gasteiger partial charge on any atom is 0.459 e. The van der Waals surface area contributed by atoms with Gasteiger partial charge < -0.3 is 24.8 Å². The van der Waals surface area contributed by atoms with Crippen LogP contribution in [0.1, 0.15) is 45.6 Å². The highest BCUT2D eigenvalue weighted by Crippen LogP contribution is 2.48. The first-order chi connectivity index (χ1) is 17.5. The second-order valence-corrected chi connectivity index (χ2v) is 8.80. The van der Waals surface area contributed by atoms with Gasteiger partial charge >= 0.3 is 30.0 Å². The molecule has 1 unspecified atom stereocenters. The molecule has 0 aliphatic heterocycles. The first-order valence-corrected chi connectivity index (χ1v) is 12.0. The van der Waals surface area contributed by atoms with Crippen molar-refractivity contribution in [1.82, 2.24) is 10.2 Å². The van der Waals surface area contributed by atoms with Gasteiger partial charge in [0, 0.05) is 32.0 Å². The Balaban J connectivity index is 2.67. The number of urea groups is 1. The fourth-order valence-electron chi connectivity index (χ4n) is 3.30. The van der Waals surface area contributed by atoms with Crippen molar-refractivity contribution in [2.75, 3.05) is 26.3 Å². The molecule has 0 aliphatic carbocycles. The Morgan fingerprint density at radius 3 is 2.11 bits per heavy atom. The highest BCUT2D eigenvalue weighted by molar-refractivity contribution is 5.74. The van der Waals surface area contributed by atoms with Gasteiger partial charge in [-0.05, 0) is 51.3 Å². The quantitative estimate of drug-likeness (QED) is 0.205. The summed E-state index contributed by atoms with van der Waals surface area (Å²) in [6.45, 7) is 5.02. The Kier molecular flexibility index (Phi) is 12.6. The van der Waals surface area contributed by atoms with Gasteiger partial charge in [-0.1, -0.05) is 12.1 Å². The summed E-state index contributed by atoms with van der Waals surface area (Å²) in [5.41, 5.74) is 0.684. The SMILES string of the molecule is CCOC(Cc1ccc(OCCN(CCCCC(F)(F)C(F)(F)C(F)(F)F)C(=O)NC(C)C)cc1)C(=O)O. The van der Waals surface area contributed by atoms with Gasteiger partial charge in [0.2, 0.25) is 0 Å². The first kappa shape index (κ1) is 33.3. The summed E-state index contributed by atoms with van der Waals surface area (Å²) in [7, 11) is 0. The van der Waals surface area contributed by atoms with Crippen LogP contribution in [0, 0.1) is 0 Å². The monoisotopic (exact) mass is 562 g/mol. The molecule has 1 rings (SSSR count). The number of amides is 2. The predicted molar refractivity (Wildman–Crippen MR) is 124 cm³/mol. The van der Waals surface area contributed by atoms with Crippen molar-refractivity contribution in [3.05, 3.63) is 29.8 Å². The maximum atomic E-state index is 13.5. The van der Waals surface area contributed by atoms with Crippen LogP contribution in [0.25, 0.3) is 0 Å². The molecule has 0 fully saturated rings. The van der Waals surface area contributed by atoms with Crippen LogP contribution < -0.4 is 10.1 Å². The van der Waals surface area contributed by atoms with E-state index in [2.05, 4.69) is 5.32 Å². The molecule has 0 aliphatic rings. The smallest absolute Gasteiger partial charge is 0.459 e. The Labute approximate surface area is 216 Å². The second kappa shape index (κ2) is 14.4. The van der Waals surface area contributed by atoms with Crippen LogP contribution in [-0.4, -0.2) is 78.5 Å². The molecule has 2 N–H and O–H groups in total. The molecule has 38 heavy (non-hydrogen) atoms. The molecular formula is C24H33F7N2O5. The lowest BCUT2D eigenvalue weighted by Crippen LogP contribution is -2.51. The largest absolute Gasteiger partial charge is 0.492 e. The molecule has 2 amide bonds. The number of alkyl halides is 7. The summed E-state index contributed by atoms with van der Waals surface area (Å²) < 4.78 is 101. The van der Waals surface area contributed by atoms with Crippen molar-refractivity contribution >= 4 is 12.0 Å². The van der Waals surface area contributed by atoms with Gasteiger partial charge in [0.1, 0.15) is 12.4 Å². The van der Waals surface area contributed by atoms with Crippen LogP contribution in [-0.2, 0) is 16.0 Å². The van der Waals surface area contributed by atoms with Crippen molar-refractivity contribution in [2.45, 2.75) is 76.6 Å². The van der Waals surface area contributed by atoms with Crippen LogP contribution in [0.3, 0.4) is 0 Å². The number of nitrogens with one attached hydrogen (secondary N) is 1. The van der Waals surface area contributed by atoms with E-state index in [0.29, 0.717) is 11.3 Å². The van der Waals surface area contributed by atoms with E-state index in [9.17, 15) is 45.4 Å². The number of rotatable bonds is 16. The lowest BCUT2D eigenvalue weighted by atomic mass is 10.0. The molecule has 0 radical (unpaired) electrons. The van der Waals surface area contributed by atoms with Crippen molar-refractivity contribution in [1.29, 1.82) is 0 Å². The summed E-state index contributed by atoms with van der Waals surface area (Å²) >= 11 is 0. The Morgan fingerprint density at radius 2 is 1.61 bits per heavy atom. The lowest BCUT2D eigenvalue weighted by Gasteiger charge is -2.28. The molecule has 0 heterocycles. The van der Waals surface area contributed by atoms with Crippen molar-refractivity contribution in [3.63, 3.8) is 0 Å². The van der Waals surface area contributed by atoms with E-state index in [1.165, 1.54) is 4.90 Å². The van der Waals surface area contributed by atoms with E-state index in [0.717, 1.165) is 0 Å². The van der Waals surface area contributed by atoms with Crippen molar-refractivity contribution in [2.24, 2.45) is 0 Å². The Hall–Kier alpha value is -2.77. The molecule has 0 bridgehead atoms. The molecule has 0 aromatic heterocycles. The number of hydrogen-bond acceptors (Lipinski definition) is 4. The number of halogens is 7. The number of carbonyl (C=O) groups is 2. The third-order valence-corrected chi connectivity index (χ3v) is 5.30. The number of unbranched alkanes of at least 4 members (excludes halogenated alkanes) is 1. The summed E-state index contributed by atoms with van der Waals surface area (Å²) in [6.07, 6.45) is -9.86. The van der Waals surface area contributed by atoms with Crippen LogP contribution in [0.4, 0.5) is 35.5 Å². The molecule has 0 saturated carbocycles. The topological polar surface area (TPSA) is 88.1 Å². The predicted octanol–water partition coefficient (Wildman–Crippen LogP) is 5.52. The first-order valence-electron chi connectivity index (χ1n) is 12.0. The molecule has 1 atom stereocenters. The average molecular weight is 563 g/mol. The molecule has 0 saturated heterocycles. The van der Waals surface area contributed by atoms with Crippen LogP contribution in [0.5, 0.6) is 5.75 Å². The van der Waals surface area contributed by atoms with Crippen LogP contribution in [0.2, 0.25) is 0 Å². The maximum absolute atomic E-state index is 13.5. The fourth-order valence-corrected chi connectivity index (χ4v) is 3.30. The van der Waals surface area contributed by atoms with Gasteiger partial charge in [-0.25, -0.2) is 9.59 Å². The summed E-state index contributed by atoms with van der Waals surface area (Å²) in [6, 6.07) is 5.60. The minimum Gasteiger partial charge on any atom is -0.492 e. The van der Waals surface area contributed by atoms with E-state index in [-0.39, 0.29) is 45.2 Å². The number of ether oxygens (including phenoxy) is 2. The van der Waals surface area contributed by atoms with Gasteiger partial charge in [-0.3, -0.25) is 0 Å². The van der Waals surface area contributed by atoms with Gasteiger partial charge in [0.15, 0.2) is 6.10 Å². The van der Waals surface area contributed by atoms with E-state index in [4.69, 9.17) is 9.47 Å². The number of nitrogens with zero attached hydrogens (tertiary/aromatic N) is 1. The fraction of sp³-hybridized carbons (Fsp3) is 0.667. The third kappa shape index (κ3) is 10.2. The zero-order chi connectivity index (χ0) is 29.1. The van der Waals surface area contributed by atoms with Crippen LogP contribution >= 0.6 is 0 Å². The number of carbonyl (C=O) groups excluding carboxylic acids is 1. The van der Waals surface area contributed by atoms with Crippen molar-refractivity contribution in [3.8, 4) is 5.75 Å². The zero-order valence-electron chi connectivity index (χ0n) is 21.3. The molecule has 1 aromatic rings. The van der Waals surface area contributed by atoms with Crippen molar-refractivity contribution < 1.29 is 54.9 Å². The number of carboxylic acid groups (broad SMARTS) is 1. The van der Waals surface area contributed by atoms with Gasteiger partial charge in [-0.15, -0.1) is 0 Å². The van der Waals surface area contributed by atoms with E-state index in [1.54, 1.807) is 45.0 Å². The number of aliphatic carboxylic acids is 1. The second-order valence-electron chi connectivity index (χ2n) is 8.80. The van der Waals surface area contributed by atoms with Gasteiger partial charge in [0.25, 0.3) is 0 Å². The zero-order valence-corrected chi connectivity index (χ0v) is 21.3. The normalized spacial score (nSPS) is 13.3. The number of carboxylic acids is 1. The molecule has 14 heteroatoms. The molecule has 7 nitrogen and oxygen atoms in total. The van der Waals surface area contributed by atoms with E-state index < -0.39 is 49.0 Å². The third-order valence-electron chi connectivity index (χ3n) is 5.30. The van der Waals surface area contributed by atoms with Crippen LogP contribution in [0.15, 0.2) is 24.3 Å². The molecular weight excluding hydrogens is 529 g/mol.